The topological polar surface area (TPSA) is 99.3 Å². The molecular formula is C19H32N2O4S. The smallest absolute Gasteiger partial charge is 0.235 e. The molecule has 26 heavy (non-hydrogen) atoms. The van der Waals surface area contributed by atoms with Crippen molar-refractivity contribution in [3.05, 3.63) is 0 Å². The van der Waals surface area contributed by atoms with E-state index in [-0.39, 0.29) is 25.3 Å². The number of isocyanates is 2. The van der Waals surface area contributed by atoms with Gasteiger partial charge in [0.25, 0.3) is 0 Å². The zero-order chi connectivity index (χ0) is 19.0. The summed E-state index contributed by atoms with van der Waals surface area (Å²) in [7, 11) is 0. The third-order valence-electron chi connectivity index (χ3n) is 5.24. The molecule has 0 aromatic carbocycles. The van der Waals surface area contributed by atoms with Gasteiger partial charge in [-0.1, -0.05) is 0 Å². The van der Waals surface area contributed by atoms with Crippen molar-refractivity contribution in [2.45, 2.75) is 69.9 Å². The van der Waals surface area contributed by atoms with Gasteiger partial charge < -0.3 is 10.2 Å². The van der Waals surface area contributed by atoms with Gasteiger partial charge in [-0.15, -0.1) is 0 Å². The second-order valence-electron chi connectivity index (χ2n) is 7.09. The Balaban J connectivity index is 0.000000412. The fraction of sp³-hybridized carbons (Fsp3) is 0.895. The Hall–Kier alpha value is -0.970. The molecule has 0 bridgehead atoms. The average molecular weight is 385 g/mol. The van der Waals surface area contributed by atoms with Gasteiger partial charge in [-0.2, -0.15) is 11.8 Å². The fourth-order valence-electron chi connectivity index (χ4n) is 3.87. The zero-order valence-electron chi connectivity index (χ0n) is 15.5. The zero-order valence-corrected chi connectivity index (χ0v) is 16.3. The van der Waals surface area contributed by atoms with Crippen LogP contribution in [0.5, 0.6) is 0 Å². The molecule has 0 spiro atoms. The molecule has 0 unspecified atom stereocenters. The molecule has 0 radical (unpaired) electrons. The quantitative estimate of drug-likeness (QED) is 0.381. The number of carbonyl (C=O) groups excluding carboxylic acids is 2. The van der Waals surface area contributed by atoms with E-state index in [1.807, 2.05) is 0 Å². The van der Waals surface area contributed by atoms with Crippen LogP contribution in [0.1, 0.15) is 57.8 Å². The van der Waals surface area contributed by atoms with Gasteiger partial charge in [-0.3, -0.25) is 0 Å². The van der Waals surface area contributed by atoms with Crippen LogP contribution in [-0.4, -0.2) is 59.2 Å². The normalized spacial score (nSPS) is 28.1. The highest BCUT2D eigenvalue weighted by atomic mass is 32.2. The molecule has 7 heteroatoms. The van der Waals surface area contributed by atoms with Gasteiger partial charge in [0.2, 0.25) is 12.2 Å². The Kier molecular flexibility index (Phi) is 13.4. The summed E-state index contributed by atoms with van der Waals surface area (Å²) < 4.78 is 0. The van der Waals surface area contributed by atoms with Crippen molar-refractivity contribution in [1.82, 2.24) is 0 Å². The summed E-state index contributed by atoms with van der Waals surface area (Å²) in [6.45, 7) is 0.426. The number of aliphatic hydroxyl groups is 2. The van der Waals surface area contributed by atoms with Crippen molar-refractivity contribution in [3.8, 4) is 0 Å². The molecule has 2 rings (SSSR count). The summed E-state index contributed by atoms with van der Waals surface area (Å²) in [4.78, 5) is 28.1. The van der Waals surface area contributed by atoms with Crippen LogP contribution in [0.3, 0.4) is 0 Å². The number of rotatable bonds is 8. The first-order valence-electron chi connectivity index (χ1n) is 9.66. The molecule has 0 atom stereocenters. The van der Waals surface area contributed by atoms with E-state index in [9.17, 15) is 9.59 Å². The maximum Gasteiger partial charge on any atom is 0.235 e. The lowest BCUT2D eigenvalue weighted by Gasteiger charge is -2.31. The van der Waals surface area contributed by atoms with Crippen molar-refractivity contribution >= 4 is 23.9 Å². The summed E-state index contributed by atoms with van der Waals surface area (Å²) >= 11 is 1.55. The summed E-state index contributed by atoms with van der Waals surface area (Å²) in [5.41, 5.74) is 0. The Morgan fingerprint density at radius 2 is 1.12 bits per heavy atom. The van der Waals surface area contributed by atoms with Crippen LogP contribution >= 0.6 is 11.8 Å². The summed E-state index contributed by atoms with van der Waals surface area (Å²) in [6.07, 6.45) is 13.6. The van der Waals surface area contributed by atoms with E-state index in [0.29, 0.717) is 0 Å². The predicted molar refractivity (Wildman–Crippen MR) is 104 cm³/mol. The lowest BCUT2D eigenvalue weighted by Crippen LogP contribution is -2.23. The maximum absolute atomic E-state index is 10.2. The standard InChI is InChI=1S/C15H22N2O2.C4H10O2S/c18-10-16-14-5-1-12(2-6-14)9-13-3-7-15(8-4-13)17-11-19;5-1-3-7-4-2-6/h12-15H,1-9H2;5-6H,1-4H2. The molecule has 2 N–H and O–H groups in total. The van der Waals surface area contributed by atoms with Crippen LogP contribution in [0.4, 0.5) is 0 Å². The van der Waals surface area contributed by atoms with Gasteiger partial charge >= 0.3 is 0 Å². The fourth-order valence-corrected chi connectivity index (χ4v) is 4.33. The van der Waals surface area contributed by atoms with Crippen molar-refractivity contribution in [1.29, 1.82) is 0 Å². The summed E-state index contributed by atoms with van der Waals surface area (Å²) in [5, 5.41) is 16.4. The molecule has 0 aromatic rings. The van der Waals surface area contributed by atoms with E-state index in [1.165, 1.54) is 32.1 Å². The number of hydrogen-bond donors (Lipinski definition) is 2. The highest BCUT2D eigenvalue weighted by Crippen LogP contribution is 2.36. The number of nitrogens with zero attached hydrogens (tertiary/aromatic N) is 2. The molecule has 0 aliphatic heterocycles. The highest BCUT2D eigenvalue weighted by Gasteiger charge is 2.26. The molecule has 2 fully saturated rings. The Morgan fingerprint density at radius 1 is 0.731 bits per heavy atom. The van der Waals surface area contributed by atoms with Crippen LogP contribution in [0.2, 0.25) is 0 Å². The summed E-state index contributed by atoms with van der Waals surface area (Å²) in [5.74, 6) is 3.07. The van der Waals surface area contributed by atoms with E-state index in [4.69, 9.17) is 10.2 Å². The van der Waals surface area contributed by atoms with Gasteiger partial charge in [-0.25, -0.2) is 19.6 Å². The second kappa shape index (κ2) is 15.1. The Morgan fingerprint density at radius 3 is 1.42 bits per heavy atom. The Labute approximate surface area is 160 Å². The molecule has 0 amide bonds. The van der Waals surface area contributed by atoms with Gasteiger partial charge in [0, 0.05) is 11.5 Å². The lowest BCUT2D eigenvalue weighted by molar-refractivity contribution is 0.226. The van der Waals surface area contributed by atoms with E-state index in [1.54, 1.807) is 23.9 Å². The van der Waals surface area contributed by atoms with Crippen LogP contribution in [-0.2, 0) is 9.59 Å². The van der Waals surface area contributed by atoms with E-state index in [0.717, 1.165) is 49.0 Å². The molecule has 2 aliphatic rings. The first kappa shape index (κ1) is 23.1. The second-order valence-corrected chi connectivity index (χ2v) is 8.31. The van der Waals surface area contributed by atoms with Crippen LogP contribution in [0.15, 0.2) is 9.98 Å². The molecular weight excluding hydrogens is 352 g/mol. The minimum atomic E-state index is 0.213. The number of aliphatic imine (C=N–C) groups is 2. The van der Waals surface area contributed by atoms with E-state index >= 15 is 0 Å². The third kappa shape index (κ3) is 10.2. The molecule has 148 valence electrons. The van der Waals surface area contributed by atoms with Gasteiger partial charge in [0.05, 0.1) is 25.3 Å². The third-order valence-corrected chi connectivity index (χ3v) is 6.18. The highest BCUT2D eigenvalue weighted by molar-refractivity contribution is 7.99. The van der Waals surface area contributed by atoms with Gasteiger partial charge in [0.15, 0.2) is 0 Å². The van der Waals surface area contributed by atoms with Crippen LogP contribution in [0, 0.1) is 11.8 Å². The molecule has 0 heterocycles. The van der Waals surface area contributed by atoms with Crippen molar-refractivity contribution in [2.24, 2.45) is 21.8 Å². The molecule has 6 nitrogen and oxygen atoms in total. The SMILES string of the molecule is O=C=NC1CCC(CC2CCC(N=C=O)CC2)CC1.OCCSCCO. The predicted octanol–water partition coefficient (Wildman–Crippen LogP) is 2.87. The van der Waals surface area contributed by atoms with Crippen LogP contribution < -0.4 is 0 Å². The van der Waals surface area contributed by atoms with E-state index in [2.05, 4.69) is 9.98 Å². The molecule has 0 saturated heterocycles. The monoisotopic (exact) mass is 384 g/mol. The van der Waals surface area contributed by atoms with Crippen LogP contribution in [0.25, 0.3) is 0 Å². The molecule has 0 aromatic heterocycles. The number of aliphatic hydroxyl groups excluding tert-OH is 2. The number of thioether (sulfide) groups is 1. The van der Waals surface area contributed by atoms with Gasteiger partial charge in [-0.05, 0) is 69.6 Å². The molecule has 2 saturated carbocycles. The van der Waals surface area contributed by atoms with E-state index < -0.39 is 0 Å². The Bertz CT molecular complexity index is 408. The van der Waals surface area contributed by atoms with Gasteiger partial charge in [0.1, 0.15) is 0 Å². The van der Waals surface area contributed by atoms with Crippen molar-refractivity contribution in [2.75, 3.05) is 24.7 Å². The summed E-state index contributed by atoms with van der Waals surface area (Å²) in [6, 6.07) is 0.456. The maximum atomic E-state index is 10.2. The molecule has 2 aliphatic carbocycles. The average Bonchev–Trinajstić information content (AvgIpc) is 2.66. The number of hydrogen-bond acceptors (Lipinski definition) is 7. The lowest BCUT2D eigenvalue weighted by atomic mass is 9.76. The van der Waals surface area contributed by atoms with Crippen molar-refractivity contribution in [3.63, 3.8) is 0 Å². The first-order chi connectivity index (χ1) is 12.7. The minimum absolute atomic E-state index is 0.213. The minimum Gasteiger partial charge on any atom is -0.396 e. The van der Waals surface area contributed by atoms with Crippen molar-refractivity contribution < 1.29 is 19.8 Å². The largest absolute Gasteiger partial charge is 0.396 e. The first-order valence-corrected chi connectivity index (χ1v) is 10.8.